The van der Waals surface area contributed by atoms with Gasteiger partial charge in [-0.25, -0.2) is 4.98 Å². The summed E-state index contributed by atoms with van der Waals surface area (Å²) in [5, 5.41) is 0. The average molecular weight is 345 g/mol. The van der Waals surface area contributed by atoms with E-state index in [1.54, 1.807) is 7.11 Å². The van der Waals surface area contributed by atoms with Gasteiger partial charge in [-0.3, -0.25) is 0 Å². The fraction of sp³-hybridized carbons (Fsp3) is 0.136. The molecule has 4 heteroatoms. The summed E-state index contributed by atoms with van der Waals surface area (Å²) in [6.45, 7) is 4.08. The van der Waals surface area contributed by atoms with Crippen molar-refractivity contribution in [2.75, 3.05) is 7.11 Å². The summed E-state index contributed by atoms with van der Waals surface area (Å²) in [6, 6.07) is 19.3. The number of oxazole rings is 1. The van der Waals surface area contributed by atoms with Crippen LogP contribution in [0.25, 0.3) is 22.6 Å². The van der Waals surface area contributed by atoms with Gasteiger partial charge in [0.05, 0.1) is 7.11 Å². The molecule has 0 spiro atoms. The summed E-state index contributed by atoms with van der Waals surface area (Å²) in [5.74, 6) is 2.98. The summed E-state index contributed by atoms with van der Waals surface area (Å²) in [5.41, 5.74) is 4.77. The number of ether oxygens (including phenoxy) is 2. The molecular weight excluding hydrogens is 326 g/mol. The van der Waals surface area contributed by atoms with E-state index in [1.807, 2.05) is 74.5 Å². The molecule has 1 aromatic heterocycles. The standard InChI is InChI=1S/C22H19NO3/c1-14-12-18(25-17-10-8-16(24-3)9-11-17)13-15(2)21(14)22-23-19-6-4-5-7-20(19)26-22/h4-13H,1-3H3. The molecule has 0 saturated carbocycles. The van der Waals surface area contributed by atoms with E-state index in [1.165, 1.54) is 0 Å². The van der Waals surface area contributed by atoms with Crippen molar-refractivity contribution in [3.05, 3.63) is 71.8 Å². The van der Waals surface area contributed by atoms with Gasteiger partial charge in [-0.1, -0.05) is 12.1 Å². The highest BCUT2D eigenvalue weighted by molar-refractivity contribution is 5.77. The quantitative estimate of drug-likeness (QED) is 0.461. The topological polar surface area (TPSA) is 44.5 Å². The minimum atomic E-state index is 0.636. The lowest BCUT2D eigenvalue weighted by Gasteiger charge is -2.11. The number of aromatic nitrogens is 1. The second-order valence-corrected chi connectivity index (χ2v) is 6.20. The molecule has 0 atom stereocenters. The van der Waals surface area contributed by atoms with E-state index in [9.17, 15) is 0 Å². The van der Waals surface area contributed by atoms with Crippen LogP contribution >= 0.6 is 0 Å². The third-order valence-corrected chi connectivity index (χ3v) is 4.31. The van der Waals surface area contributed by atoms with Crippen LogP contribution in [0.3, 0.4) is 0 Å². The Balaban J connectivity index is 1.67. The number of fused-ring (bicyclic) bond motifs is 1. The third kappa shape index (κ3) is 3.02. The minimum Gasteiger partial charge on any atom is -0.497 e. The van der Waals surface area contributed by atoms with E-state index in [0.717, 1.165) is 45.0 Å². The van der Waals surface area contributed by atoms with Crippen molar-refractivity contribution < 1.29 is 13.9 Å². The second kappa shape index (κ2) is 6.56. The maximum Gasteiger partial charge on any atom is 0.227 e. The second-order valence-electron chi connectivity index (χ2n) is 6.20. The van der Waals surface area contributed by atoms with E-state index < -0.39 is 0 Å². The number of rotatable bonds is 4. The lowest BCUT2D eigenvalue weighted by Crippen LogP contribution is -1.92. The first-order valence-corrected chi connectivity index (χ1v) is 8.43. The largest absolute Gasteiger partial charge is 0.497 e. The normalized spacial score (nSPS) is 10.9. The first-order valence-electron chi connectivity index (χ1n) is 8.43. The lowest BCUT2D eigenvalue weighted by atomic mass is 10.0. The van der Waals surface area contributed by atoms with E-state index in [2.05, 4.69) is 4.98 Å². The molecular formula is C22H19NO3. The third-order valence-electron chi connectivity index (χ3n) is 4.31. The predicted octanol–water partition coefficient (Wildman–Crippen LogP) is 5.91. The number of benzene rings is 3. The summed E-state index contributed by atoms with van der Waals surface area (Å²) < 4.78 is 17.1. The molecule has 0 bridgehead atoms. The van der Waals surface area contributed by atoms with Gasteiger partial charge in [0.25, 0.3) is 0 Å². The highest BCUT2D eigenvalue weighted by Crippen LogP contribution is 2.34. The molecule has 130 valence electrons. The monoisotopic (exact) mass is 345 g/mol. The van der Waals surface area contributed by atoms with Crippen LogP contribution in [0.5, 0.6) is 17.2 Å². The maximum absolute atomic E-state index is 5.98. The Morgan fingerprint density at radius 2 is 1.46 bits per heavy atom. The van der Waals surface area contributed by atoms with E-state index in [-0.39, 0.29) is 0 Å². The van der Waals surface area contributed by atoms with Gasteiger partial charge in [0.15, 0.2) is 5.58 Å². The Labute approximate surface area is 152 Å². The molecule has 0 aliphatic carbocycles. The molecule has 4 nitrogen and oxygen atoms in total. The van der Waals surface area contributed by atoms with Crippen molar-refractivity contribution in [1.29, 1.82) is 0 Å². The van der Waals surface area contributed by atoms with Gasteiger partial charge < -0.3 is 13.9 Å². The van der Waals surface area contributed by atoms with Gasteiger partial charge in [0, 0.05) is 5.56 Å². The zero-order chi connectivity index (χ0) is 18.1. The van der Waals surface area contributed by atoms with Crippen LogP contribution in [0.1, 0.15) is 11.1 Å². The summed E-state index contributed by atoms with van der Waals surface area (Å²) >= 11 is 0. The van der Waals surface area contributed by atoms with Crippen molar-refractivity contribution in [3.63, 3.8) is 0 Å². The molecule has 0 unspecified atom stereocenters. The van der Waals surface area contributed by atoms with Crippen LogP contribution in [-0.4, -0.2) is 12.1 Å². The van der Waals surface area contributed by atoms with Crippen LogP contribution in [0, 0.1) is 13.8 Å². The molecule has 0 N–H and O–H groups in total. The number of methoxy groups -OCH3 is 1. The van der Waals surface area contributed by atoms with Gasteiger partial charge in [-0.05, 0) is 73.5 Å². The molecule has 0 fully saturated rings. The Bertz CT molecular complexity index is 1010. The van der Waals surface area contributed by atoms with Crippen molar-refractivity contribution in [1.82, 2.24) is 4.98 Å². The molecule has 26 heavy (non-hydrogen) atoms. The molecule has 3 aromatic carbocycles. The van der Waals surface area contributed by atoms with Crippen molar-refractivity contribution >= 4 is 11.1 Å². The maximum atomic E-state index is 5.98. The van der Waals surface area contributed by atoms with E-state index in [4.69, 9.17) is 13.9 Å². The molecule has 0 saturated heterocycles. The highest BCUT2D eigenvalue weighted by Gasteiger charge is 2.15. The molecule has 4 aromatic rings. The number of para-hydroxylation sites is 2. The number of aryl methyl sites for hydroxylation is 2. The van der Waals surface area contributed by atoms with Gasteiger partial charge in [0.1, 0.15) is 22.8 Å². The van der Waals surface area contributed by atoms with Crippen molar-refractivity contribution in [2.24, 2.45) is 0 Å². The SMILES string of the molecule is COc1ccc(Oc2cc(C)c(-c3nc4ccccc4o3)c(C)c2)cc1. The van der Waals surface area contributed by atoms with Gasteiger partial charge in [-0.2, -0.15) is 0 Å². The van der Waals surface area contributed by atoms with Gasteiger partial charge in [0.2, 0.25) is 5.89 Å². The number of nitrogens with zero attached hydrogens (tertiary/aromatic N) is 1. The minimum absolute atomic E-state index is 0.636. The zero-order valence-electron chi connectivity index (χ0n) is 14.9. The fourth-order valence-corrected chi connectivity index (χ4v) is 3.08. The smallest absolute Gasteiger partial charge is 0.227 e. The van der Waals surface area contributed by atoms with Crippen LogP contribution in [0.4, 0.5) is 0 Å². The first kappa shape index (κ1) is 16.2. The van der Waals surface area contributed by atoms with E-state index >= 15 is 0 Å². The highest BCUT2D eigenvalue weighted by atomic mass is 16.5. The van der Waals surface area contributed by atoms with Crippen LogP contribution in [0.15, 0.2) is 65.1 Å². The Kier molecular flexibility index (Phi) is 4.09. The zero-order valence-corrected chi connectivity index (χ0v) is 14.9. The Morgan fingerprint density at radius 1 is 0.808 bits per heavy atom. The Hall–Kier alpha value is -3.27. The number of hydrogen-bond acceptors (Lipinski definition) is 4. The van der Waals surface area contributed by atoms with Crippen molar-refractivity contribution in [2.45, 2.75) is 13.8 Å². The predicted molar refractivity (Wildman–Crippen MR) is 102 cm³/mol. The molecule has 0 aliphatic heterocycles. The van der Waals surface area contributed by atoms with Crippen LogP contribution in [-0.2, 0) is 0 Å². The van der Waals surface area contributed by atoms with Crippen LogP contribution in [0.2, 0.25) is 0 Å². The molecule has 0 aliphatic rings. The summed E-state index contributed by atoms with van der Waals surface area (Å²) in [7, 11) is 1.65. The van der Waals surface area contributed by atoms with Crippen molar-refractivity contribution in [3.8, 4) is 28.7 Å². The summed E-state index contributed by atoms with van der Waals surface area (Å²) in [6.07, 6.45) is 0. The fourth-order valence-electron chi connectivity index (χ4n) is 3.08. The average Bonchev–Trinajstić information content (AvgIpc) is 3.05. The molecule has 0 radical (unpaired) electrons. The molecule has 0 amide bonds. The van der Waals surface area contributed by atoms with Crippen LogP contribution < -0.4 is 9.47 Å². The first-order chi connectivity index (χ1) is 12.6. The van der Waals surface area contributed by atoms with E-state index in [0.29, 0.717) is 5.89 Å². The Morgan fingerprint density at radius 3 is 2.12 bits per heavy atom. The number of hydrogen-bond donors (Lipinski definition) is 0. The lowest BCUT2D eigenvalue weighted by molar-refractivity contribution is 0.413. The summed E-state index contributed by atoms with van der Waals surface area (Å²) in [4.78, 5) is 4.62. The van der Waals surface area contributed by atoms with Gasteiger partial charge >= 0.3 is 0 Å². The molecule has 1 heterocycles. The van der Waals surface area contributed by atoms with Gasteiger partial charge in [-0.15, -0.1) is 0 Å². The molecule has 4 rings (SSSR count).